The molecule has 1 heterocycles. The zero-order valence-corrected chi connectivity index (χ0v) is 19.1. The zero-order valence-electron chi connectivity index (χ0n) is 19.1. The van der Waals surface area contributed by atoms with E-state index in [9.17, 15) is 4.79 Å². The third-order valence-electron chi connectivity index (χ3n) is 8.13. The van der Waals surface area contributed by atoms with Gasteiger partial charge in [0.25, 0.3) is 0 Å². The molecule has 0 bridgehead atoms. The number of hydrogen-bond donors (Lipinski definition) is 3. The summed E-state index contributed by atoms with van der Waals surface area (Å²) in [5.41, 5.74) is 2.63. The summed E-state index contributed by atoms with van der Waals surface area (Å²) >= 11 is 0. The first-order chi connectivity index (χ1) is 16.2. The second-order valence-electron chi connectivity index (χ2n) is 10.1. The maximum atomic E-state index is 14.1. The highest BCUT2D eigenvalue weighted by Crippen LogP contribution is 2.50. The number of carbonyl (C=O) groups excluding carboxylic acids is 1. The zero-order chi connectivity index (χ0) is 22.3. The Labute approximate surface area is 196 Å². The van der Waals surface area contributed by atoms with Gasteiger partial charge in [-0.05, 0) is 54.5 Å². The first-order valence-corrected chi connectivity index (χ1v) is 12.7. The van der Waals surface area contributed by atoms with Gasteiger partial charge < -0.3 is 16.0 Å². The average Bonchev–Trinajstić information content (AvgIpc) is 3.60. The van der Waals surface area contributed by atoms with Crippen LogP contribution in [-0.2, 0) is 10.5 Å². The SMILES string of the molecule is O=C(NC1CCCC1)C(C1CCCC1)C1(c2cccc3ccccc23)Nc2ccccc2N1. The Morgan fingerprint density at radius 1 is 0.788 bits per heavy atom. The molecule has 1 unspecified atom stereocenters. The van der Waals surface area contributed by atoms with E-state index in [4.69, 9.17) is 0 Å². The van der Waals surface area contributed by atoms with E-state index in [1.54, 1.807) is 0 Å². The monoisotopic (exact) mass is 439 g/mol. The molecule has 33 heavy (non-hydrogen) atoms. The standard InChI is InChI=1S/C29H33N3O/c33-28(30-22-14-4-5-15-22)27(21-11-1-2-12-21)29(31-25-18-7-8-19-26(25)32-29)24-17-9-13-20-10-3-6-16-23(20)24/h3,6-10,13,16-19,21-22,27,31-32H,1-2,4-5,11-12,14-15H2,(H,30,33). The lowest BCUT2D eigenvalue weighted by Crippen LogP contribution is -2.56. The van der Waals surface area contributed by atoms with Crippen LogP contribution in [0.4, 0.5) is 11.4 Å². The van der Waals surface area contributed by atoms with Crippen LogP contribution in [0.25, 0.3) is 10.8 Å². The normalized spacial score (nSPS) is 20.8. The van der Waals surface area contributed by atoms with Crippen LogP contribution in [0, 0.1) is 11.8 Å². The van der Waals surface area contributed by atoms with Gasteiger partial charge in [-0.2, -0.15) is 0 Å². The summed E-state index contributed by atoms with van der Waals surface area (Å²) in [6.07, 6.45) is 9.26. The number of hydrogen-bond acceptors (Lipinski definition) is 3. The summed E-state index contributed by atoms with van der Waals surface area (Å²) in [7, 11) is 0. The Morgan fingerprint density at radius 2 is 1.39 bits per heavy atom. The molecule has 0 radical (unpaired) electrons. The predicted molar refractivity (Wildman–Crippen MR) is 135 cm³/mol. The Hall–Kier alpha value is -3.01. The van der Waals surface area contributed by atoms with Gasteiger partial charge in [0.15, 0.2) is 0 Å². The second-order valence-corrected chi connectivity index (χ2v) is 10.1. The molecular formula is C29H33N3O. The molecular weight excluding hydrogens is 406 g/mol. The van der Waals surface area contributed by atoms with Crippen LogP contribution in [0.15, 0.2) is 66.7 Å². The van der Waals surface area contributed by atoms with Gasteiger partial charge in [-0.1, -0.05) is 80.3 Å². The van der Waals surface area contributed by atoms with E-state index >= 15 is 0 Å². The summed E-state index contributed by atoms with van der Waals surface area (Å²) in [4.78, 5) is 14.1. The van der Waals surface area contributed by atoms with Gasteiger partial charge in [0.2, 0.25) is 5.91 Å². The van der Waals surface area contributed by atoms with E-state index in [1.807, 2.05) is 0 Å². The lowest BCUT2D eigenvalue weighted by Gasteiger charge is -2.42. The first-order valence-electron chi connectivity index (χ1n) is 12.7. The van der Waals surface area contributed by atoms with Gasteiger partial charge in [0.1, 0.15) is 5.66 Å². The number of rotatable bonds is 5. The minimum atomic E-state index is -0.678. The molecule has 2 saturated carbocycles. The fourth-order valence-corrected chi connectivity index (χ4v) is 6.60. The lowest BCUT2D eigenvalue weighted by atomic mass is 9.74. The van der Waals surface area contributed by atoms with Gasteiger partial charge in [-0.15, -0.1) is 0 Å². The largest absolute Gasteiger partial charge is 0.357 e. The molecule has 1 amide bonds. The van der Waals surface area contributed by atoms with Gasteiger partial charge in [-0.3, -0.25) is 4.79 Å². The number of anilines is 2. The molecule has 0 spiro atoms. The van der Waals surface area contributed by atoms with Crippen molar-refractivity contribution in [3.63, 3.8) is 0 Å². The van der Waals surface area contributed by atoms with Crippen molar-refractivity contribution in [3.05, 3.63) is 72.3 Å². The van der Waals surface area contributed by atoms with Crippen molar-refractivity contribution in [2.75, 3.05) is 10.6 Å². The van der Waals surface area contributed by atoms with Crippen molar-refractivity contribution in [2.24, 2.45) is 11.8 Å². The minimum absolute atomic E-state index is 0.196. The third-order valence-corrected chi connectivity index (χ3v) is 8.13. The van der Waals surface area contributed by atoms with Crippen LogP contribution in [-0.4, -0.2) is 11.9 Å². The summed E-state index contributed by atoms with van der Waals surface area (Å²) in [5, 5.41) is 13.6. The first kappa shape index (κ1) is 20.6. The summed E-state index contributed by atoms with van der Waals surface area (Å²) in [5.74, 6) is 0.355. The highest BCUT2D eigenvalue weighted by molar-refractivity contribution is 5.92. The number of fused-ring (bicyclic) bond motifs is 2. The van der Waals surface area contributed by atoms with Gasteiger partial charge in [-0.25, -0.2) is 0 Å². The molecule has 4 heteroatoms. The van der Waals surface area contributed by atoms with E-state index in [-0.39, 0.29) is 11.8 Å². The highest BCUT2D eigenvalue weighted by atomic mass is 16.2. The van der Waals surface area contributed by atoms with Crippen LogP contribution in [0.5, 0.6) is 0 Å². The van der Waals surface area contributed by atoms with E-state index in [1.165, 1.54) is 36.5 Å². The highest BCUT2D eigenvalue weighted by Gasteiger charge is 2.52. The quantitative estimate of drug-likeness (QED) is 0.431. The summed E-state index contributed by atoms with van der Waals surface area (Å²) in [6, 6.07) is 23.7. The Balaban J connectivity index is 1.51. The van der Waals surface area contributed by atoms with Crippen LogP contribution >= 0.6 is 0 Å². The molecule has 6 rings (SSSR count). The molecule has 3 aliphatic rings. The van der Waals surface area contributed by atoms with Crippen molar-refractivity contribution in [1.82, 2.24) is 5.32 Å². The molecule has 3 N–H and O–H groups in total. The maximum Gasteiger partial charge on any atom is 0.228 e. The number of nitrogens with one attached hydrogen (secondary N) is 3. The van der Waals surface area contributed by atoms with Crippen LogP contribution in [0.3, 0.4) is 0 Å². The van der Waals surface area contributed by atoms with E-state index < -0.39 is 5.66 Å². The molecule has 1 aliphatic heterocycles. The van der Waals surface area contributed by atoms with Crippen LogP contribution in [0.2, 0.25) is 0 Å². The average molecular weight is 440 g/mol. The molecule has 170 valence electrons. The number of benzene rings is 3. The Bertz CT molecular complexity index is 1130. The van der Waals surface area contributed by atoms with Crippen LogP contribution < -0.4 is 16.0 Å². The minimum Gasteiger partial charge on any atom is -0.357 e. The van der Waals surface area contributed by atoms with Crippen molar-refractivity contribution in [1.29, 1.82) is 0 Å². The Morgan fingerprint density at radius 3 is 2.12 bits per heavy atom. The molecule has 4 nitrogen and oxygen atoms in total. The molecule has 0 aromatic heterocycles. The topological polar surface area (TPSA) is 53.2 Å². The van der Waals surface area contributed by atoms with Crippen LogP contribution in [0.1, 0.15) is 56.9 Å². The van der Waals surface area contributed by atoms with Gasteiger partial charge in [0, 0.05) is 11.6 Å². The fourth-order valence-electron chi connectivity index (χ4n) is 6.60. The fraction of sp³-hybridized carbons (Fsp3) is 0.414. The third kappa shape index (κ3) is 3.56. The van der Waals surface area contributed by atoms with Crippen molar-refractivity contribution < 1.29 is 4.79 Å². The van der Waals surface area contributed by atoms with E-state index in [2.05, 4.69) is 82.7 Å². The smallest absolute Gasteiger partial charge is 0.228 e. The summed E-state index contributed by atoms with van der Waals surface area (Å²) in [6.45, 7) is 0. The number of para-hydroxylation sites is 2. The number of amides is 1. The molecule has 3 aromatic rings. The van der Waals surface area contributed by atoms with E-state index in [0.29, 0.717) is 12.0 Å². The lowest BCUT2D eigenvalue weighted by molar-refractivity contribution is -0.129. The van der Waals surface area contributed by atoms with Crippen molar-refractivity contribution in [2.45, 2.75) is 63.1 Å². The molecule has 1 atom stereocenters. The molecule has 2 aliphatic carbocycles. The Kier molecular flexibility index (Phi) is 5.24. The maximum absolute atomic E-state index is 14.1. The van der Waals surface area contributed by atoms with Crippen molar-refractivity contribution in [3.8, 4) is 0 Å². The molecule has 0 saturated heterocycles. The van der Waals surface area contributed by atoms with Crippen molar-refractivity contribution >= 4 is 28.1 Å². The second kappa shape index (κ2) is 8.40. The summed E-state index contributed by atoms with van der Waals surface area (Å²) < 4.78 is 0. The van der Waals surface area contributed by atoms with Gasteiger partial charge >= 0.3 is 0 Å². The number of carbonyl (C=O) groups is 1. The molecule has 3 aromatic carbocycles. The van der Waals surface area contributed by atoms with E-state index in [0.717, 1.165) is 42.6 Å². The van der Waals surface area contributed by atoms with Gasteiger partial charge in [0.05, 0.1) is 17.3 Å². The molecule has 2 fully saturated rings. The predicted octanol–water partition coefficient (Wildman–Crippen LogP) is 6.40.